The van der Waals surface area contributed by atoms with Crippen LogP contribution in [-0.2, 0) is 16.1 Å². The highest BCUT2D eigenvalue weighted by molar-refractivity contribution is 8.00. The smallest absolute Gasteiger partial charge is 0.337 e. The summed E-state index contributed by atoms with van der Waals surface area (Å²) in [6.45, 7) is 6.30. The summed E-state index contributed by atoms with van der Waals surface area (Å²) in [5.41, 5.74) is 0.555. The highest BCUT2D eigenvalue weighted by Crippen LogP contribution is 2.24. The van der Waals surface area contributed by atoms with Gasteiger partial charge in [0.25, 0.3) is 5.56 Å². The summed E-state index contributed by atoms with van der Waals surface area (Å²) in [4.78, 5) is 43.2. The molecule has 0 aliphatic carbocycles. The molecule has 1 heterocycles. The van der Waals surface area contributed by atoms with Gasteiger partial charge in [0.05, 0.1) is 28.8 Å². The fourth-order valence-electron chi connectivity index (χ4n) is 2.63. The summed E-state index contributed by atoms with van der Waals surface area (Å²) in [6, 6.07) is 4.70. The molecule has 0 spiro atoms. The Balaban J connectivity index is 2.61. The van der Waals surface area contributed by atoms with Crippen molar-refractivity contribution < 1.29 is 14.3 Å². The van der Waals surface area contributed by atoms with E-state index in [4.69, 9.17) is 4.74 Å². The van der Waals surface area contributed by atoms with Crippen molar-refractivity contribution in [3.05, 3.63) is 34.1 Å². The van der Waals surface area contributed by atoms with Gasteiger partial charge in [-0.3, -0.25) is 14.2 Å². The van der Waals surface area contributed by atoms with E-state index in [-0.39, 0.29) is 17.4 Å². The first-order valence-corrected chi connectivity index (χ1v) is 9.54. The lowest BCUT2D eigenvalue weighted by atomic mass is 10.1. The predicted molar refractivity (Wildman–Crippen MR) is 106 cm³/mol. The van der Waals surface area contributed by atoms with Crippen molar-refractivity contribution in [1.29, 1.82) is 0 Å². The first-order chi connectivity index (χ1) is 12.6. The fraction of sp³-hybridized carbons (Fsp3) is 0.474. The molecule has 1 atom stereocenters. The monoisotopic (exact) mass is 391 g/mol. The number of benzene rings is 1. The van der Waals surface area contributed by atoms with E-state index < -0.39 is 11.2 Å². The van der Waals surface area contributed by atoms with E-state index in [0.29, 0.717) is 28.2 Å². The maximum absolute atomic E-state index is 13.0. The van der Waals surface area contributed by atoms with Crippen molar-refractivity contribution >= 4 is 34.5 Å². The van der Waals surface area contributed by atoms with Crippen molar-refractivity contribution in [1.82, 2.24) is 14.5 Å². The SMILES string of the molecule is COC(=O)c1ccc2c(=O)n(CC(C)C)c(S[C@H](C)C(=O)N(C)C)nc2c1. The number of rotatable bonds is 6. The molecule has 1 aromatic carbocycles. The molecule has 0 N–H and O–H groups in total. The van der Waals surface area contributed by atoms with Crippen LogP contribution >= 0.6 is 11.8 Å². The van der Waals surface area contributed by atoms with Crippen LogP contribution in [-0.4, -0.2) is 52.8 Å². The van der Waals surface area contributed by atoms with Crippen LogP contribution in [0.25, 0.3) is 10.9 Å². The maximum atomic E-state index is 13.0. The molecule has 0 fully saturated rings. The summed E-state index contributed by atoms with van der Waals surface area (Å²) < 4.78 is 6.35. The third kappa shape index (κ3) is 4.68. The Morgan fingerprint density at radius 2 is 1.93 bits per heavy atom. The molecule has 0 aliphatic heterocycles. The van der Waals surface area contributed by atoms with Crippen molar-refractivity contribution in [3.63, 3.8) is 0 Å². The Morgan fingerprint density at radius 1 is 1.26 bits per heavy atom. The average Bonchev–Trinajstić information content (AvgIpc) is 2.62. The van der Waals surface area contributed by atoms with Gasteiger partial charge in [0, 0.05) is 20.6 Å². The molecular formula is C19H25N3O4S. The number of methoxy groups -OCH3 is 1. The standard InChI is InChI=1S/C19H25N3O4S/c1-11(2)10-22-17(24)14-8-7-13(18(25)26-6)9-15(14)20-19(22)27-12(3)16(23)21(4)5/h7-9,11-12H,10H2,1-6H3/t12-/m1/s1. The van der Waals surface area contributed by atoms with Crippen molar-refractivity contribution in [2.45, 2.75) is 37.7 Å². The van der Waals surface area contributed by atoms with Crippen LogP contribution in [0.4, 0.5) is 0 Å². The second-order valence-corrected chi connectivity index (χ2v) is 8.23. The van der Waals surface area contributed by atoms with Crippen molar-refractivity contribution in [2.75, 3.05) is 21.2 Å². The second kappa shape index (κ2) is 8.56. The van der Waals surface area contributed by atoms with Gasteiger partial charge in [-0.15, -0.1) is 0 Å². The minimum atomic E-state index is -0.490. The predicted octanol–water partition coefficient (Wildman–Crippen LogP) is 2.41. The molecule has 0 unspecified atom stereocenters. The minimum Gasteiger partial charge on any atom is -0.465 e. The number of ether oxygens (including phenoxy) is 1. The lowest BCUT2D eigenvalue weighted by molar-refractivity contribution is -0.127. The van der Waals surface area contributed by atoms with E-state index in [9.17, 15) is 14.4 Å². The van der Waals surface area contributed by atoms with Gasteiger partial charge in [0.1, 0.15) is 0 Å². The van der Waals surface area contributed by atoms with Crippen LogP contribution in [0, 0.1) is 5.92 Å². The lowest BCUT2D eigenvalue weighted by Crippen LogP contribution is -2.31. The summed E-state index contributed by atoms with van der Waals surface area (Å²) in [5, 5.41) is 0.497. The summed E-state index contributed by atoms with van der Waals surface area (Å²) >= 11 is 1.24. The third-order valence-electron chi connectivity index (χ3n) is 3.96. The van der Waals surface area contributed by atoms with Crippen molar-refractivity contribution in [2.24, 2.45) is 5.92 Å². The molecule has 1 aromatic heterocycles. The number of hydrogen-bond acceptors (Lipinski definition) is 6. The van der Waals surface area contributed by atoms with Crippen LogP contribution in [0.2, 0.25) is 0 Å². The van der Waals surface area contributed by atoms with Crippen molar-refractivity contribution in [3.8, 4) is 0 Å². The number of fused-ring (bicyclic) bond motifs is 1. The number of aromatic nitrogens is 2. The summed E-state index contributed by atoms with van der Waals surface area (Å²) in [7, 11) is 4.69. The third-order valence-corrected chi connectivity index (χ3v) is 5.04. The Bertz CT molecular complexity index is 921. The van der Waals surface area contributed by atoms with Gasteiger partial charge < -0.3 is 9.64 Å². The van der Waals surface area contributed by atoms with Crippen LogP contribution < -0.4 is 5.56 Å². The summed E-state index contributed by atoms with van der Waals surface area (Å²) in [6.07, 6.45) is 0. The quantitative estimate of drug-likeness (QED) is 0.427. The lowest BCUT2D eigenvalue weighted by Gasteiger charge is -2.19. The van der Waals surface area contributed by atoms with Gasteiger partial charge in [0.2, 0.25) is 5.91 Å². The second-order valence-electron chi connectivity index (χ2n) is 6.92. The Kier molecular flexibility index (Phi) is 6.64. The molecule has 8 heteroatoms. The normalized spacial score (nSPS) is 12.3. The van der Waals surface area contributed by atoms with E-state index in [2.05, 4.69) is 4.98 Å². The van der Waals surface area contributed by atoms with Crippen LogP contribution in [0.15, 0.2) is 28.2 Å². The van der Waals surface area contributed by atoms with Gasteiger partial charge in [-0.1, -0.05) is 25.6 Å². The fourth-order valence-corrected chi connectivity index (χ4v) is 3.70. The van der Waals surface area contributed by atoms with Gasteiger partial charge in [0.15, 0.2) is 5.16 Å². The van der Waals surface area contributed by atoms with Crippen LogP contribution in [0.1, 0.15) is 31.1 Å². The number of esters is 1. The zero-order valence-electron chi connectivity index (χ0n) is 16.5. The van der Waals surface area contributed by atoms with Gasteiger partial charge >= 0.3 is 5.97 Å². The largest absolute Gasteiger partial charge is 0.465 e. The van der Waals surface area contributed by atoms with E-state index in [1.54, 1.807) is 43.8 Å². The Morgan fingerprint density at radius 3 is 2.48 bits per heavy atom. The molecule has 2 aromatic rings. The van der Waals surface area contributed by atoms with Gasteiger partial charge in [-0.25, -0.2) is 9.78 Å². The molecule has 0 saturated heterocycles. The number of thioether (sulfide) groups is 1. The maximum Gasteiger partial charge on any atom is 0.337 e. The van der Waals surface area contributed by atoms with Crippen LogP contribution in [0.5, 0.6) is 0 Å². The average molecular weight is 391 g/mol. The molecular weight excluding hydrogens is 366 g/mol. The zero-order chi connectivity index (χ0) is 20.3. The topological polar surface area (TPSA) is 81.5 Å². The first kappa shape index (κ1) is 21.0. The molecule has 0 saturated carbocycles. The van der Waals surface area contributed by atoms with Gasteiger partial charge in [-0.05, 0) is 31.0 Å². The molecule has 0 aliphatic rings. The van der Waals surface area contributed by atoms with E-state index >= 15 is 0 Å². The Hall–Kier alpha value is -2.35. The molecule has 1 amide bonds. The number of carbonyl (C=O) groups excluding carboxylic acids is 2. The molecule has 146 valence electrons. The van der Waals surface area contributed by atoms with E-state index in [1.165, 1.54) is 23.8 Å². The number of nitrogens with zero attached hydrogens (tertiary/aromatic N) is 3. The minimum absolute atomic E-state index is 0.0613. The molecule has 0 radical (unpaired) electrons. The molecule has 0 bridgehead atoms. The number of hydrogen-bond donors (Lipinski definition) is 0. The Labute approximate surface area is 162 Å². The molecule has 27 heavy (non-hydrogen) atoms. The number of amides is 1. The first-order valence-electron chi connectivity index (χ1n) is 8.66. The van der Waals surface area contributed by atoms with Gasteiger partial charge in [-0.2, -0.15) is 0 Å². The van der Waals surface area contributed by atoms with E-state index in [0.717, 1.165) is 0 Å². The van der Waals surface area contributed by atoms with Crippen LogP contribution in [0.3, 0.4) is 0 Å². The zero-order valence-corrected chi connectivity index (χ0v) is 17.3. The number of carbonyl (C=O) groups is 2. The summed E-state index contributed by atoms with van der Waals surface area (Å²) in [5.74, 6) is -0.320. The molecule has 7 nitrogen and oxygen atoms in total. The highest BCUT2D eigenvalue weighted by atomic mass is 32.2. The van der Waals surface area contributed by atoms with E-state index in [1.807, 2.05) is 13.8 Å². The highest BCUT2D eigenvalue weighted by Gasteiger charge is 2.21. The molecule has 2 rings (SSSR count).